The van der Waals surface area contributed by atoms with Crippen molar-refractivity contribution in [1.29, 1.82) is 0 Å². The van der Waals surface area contributed by atoms with Crippen LogP contribution in [0.15, 0.2) is 35.5 Å². The van der Waals surface area contributed by atoms with E-state index in [0.717, 1.165) is 37.7 Å². The van der Waals surface area contributed by atoms with Crippen molar-refractivity contribution >= 4 is 11.8 Å². The van der Waals surface area contributed by atoms with Gasteiger partial charge < -0.3 is 9.84 Å². The Balaban J connectivity index is 1.41. The standard InChI is InChI=1S/C27H36O4/c1-15-14-22(31-25(30)16(15)2)24(29)21-11-10-19-18-9-8-17-6-5-7-23(28)27(17,4)20(18)12-13-26(19,21)3/h5,7-9,17-22,24,29H,6,10-14H2,1-4H3. The molecule has 0 saturated heterocycles. The van der Waals surface area contributed by atoms with E-state index in [9.17, 15) is 14.7 Å². The van der Waals surface area contributed by atoms with Crippen LogP contribution in [0.3, 0.4) is 0 Å². The number of carbonyl (C=O) groups excluding carboxylic acids is 2. The van der Waals surface area contributed by atoms with Crippen molar-refractivity contribution in [2.24, 2.45) is 40.4 Å². The molecular weight excluding hydrogens is 388 g/mol. The number of aliphatic hydroxyl groups excluding tert-OH is 1. The first kappa shape index (κ1) is 21.2. The van der Waals surface area contributed by atoms with Gasteiger partial charge in [-0.05, 0) is 87.0 Å². The van der Waals surface area contributed by atoms with Crippen LogP contribution in [0.25, 0.3) is 0 Å². The lowest BCUT2D eigenvalue weighted by Crippen LogP contribution is -2.55. The van der Waals surface area contributed by atoms with Gasteiger partial charge in [-0.3, -0.25) is 4.79 Å². The fourth-order valence-corrected chi connectivity index (χ4v) is 8.04. The zero-order valence-corrected chi connectivity index (χ0v) is 19.3. The SMILES string of the molecule is CC1=C(C)C(=O)OC(C(O)C2CCC3C4C=CC5CC=CC(=O)C5(C)C4CCC23C)C1. The van der Waals surface area contributed by atoms with Crippen molar-refractivity contribution in [3.63, 3.8) is 0 Å². The van der Waals surface area contributed by atoms with E-state index >= 15 is 0 Å². The minimum atomic E-state index is -0.631. The van der Waals surface area contributed by atoms with Gasteiger partial charge in [0.2, 0.25) is 0 Å². The summed E-state index contributed by atoms with van der Waals surface area (Å²) in [6.45, 7) is 8.32. The second kappa shape index (κ2) is 7.16. The first-order chi connectivity index (χ1) is 14.7. The first-order valence-electron chi connectivity index (χ1n) is 12.1. The van der Waals surface area contributed by atoms with Gasteiger partial charge in [0, 0.05) is 17.4 Å². The molecule has 0 aromatic carbocycles. The third-order valence-electron chi connectivity index (χ3n) is 10.2. The third-order valence-corrected chi connectivity index (χ3v) is 10.2. The smallest absolute Gasteiger partial charge is 0.334 e. The highest BCUT2D eigenvalue weighted by molar-refractivity contribution is 5.96. The second-order valence-electron chi connectivity index (χ2n) is 11.3. The third kappa shape index (κ3) is 2.90. The monoisotopic (exact) mass is 424 g/mol. The Morgan fingerprint density at radius 2 is 1.87 bits per heavy atom. The van der Waals surface area contributed by atoms with E-state index in [1.165, 1.54) is 0 Å². The topological polar surface area (TPSA) is 63.6 Å². The lowest BCUT2D eigenvalue weighted by molar-refractivity contribution is -0.159. The molecule has 9 atom stereocenters. The maximum absolute atomic E-state index is 13.0. The van der Waals surface area contributed by atoms with Crippen LogP contribution in [0.4, 0.5) is 0 Å². The number of allylic oxidation sites excluding steroid dienone is 4. The summed E-state index contributed by atoms with van der Waals surface area (Å²) in [6, 6.07) is 0. The summed E-state index contributed by atoms with van der Waals surface area (Å²) in [7, 11) is 0. The van der Waals surface area contributed by atoms with Crippen LogP contribution in [-0.4, -0.2) is 29.1 Å². The number of fused-ring (bicyclic) bond motifs is 5. The predicted octanol–water partition coefficient (Wildman–Crippen LogP) is 4.78. The van der Waals surface area contributed by atoms with Gasteiger partial charge >= 0.3 is 5.97 Å². The van der Waals surface area contributed by atoms with Crippen molar-refractivity contribution < 1.29 is 19.4 Å². The van der Waals surface area contributed by atoms with Crippen LogP contribution in [0.5, 0.6) is 0 Å². The number of rotatable bonds is 2. The van der Waals surface area contributed by atoms with Crippen molar-refractivity contribution in [3.05, 3.63) is 35.5 Å². The zero-order chi connectivity index (χ0) is 22.1. The summed E-state index contributed by atoms with van der Waals surface area (Å²) >= 11 is 0. The molecule has 1 heterocycles. The highest BCUT2D eigenvalue weighted by atomic mass is 16.6. The highest BCUT2D eigenvalue weighted by Gasteiger charge is 2.61. The lowest BCUT2D eigenvalue weighted by Gasteiger charge is -2.57. The van der Waals surface area contributed by atoms with E-state index in [1.807, 2.05) is 19.1 Å². The number of hydrogen-bond acceptors (Lipinski definition) is 4. The van der Waals surface area contributed by atoms with Gasteiger partial charge in [0.25, 0.3) is 0 Å². The molecule has 1 N–H and O–H groups in total. The molecule has 168 valence electrons. The van der Waals surface area contributed by atoms with Crippen molar-refractivity contribution in [2.75, 3.05) is 0 Å². The number of cyclic esters (lactones) is 1. The molecule has 9 unspecified atom stereocenters. The largest absolute Gasteiger partial charge is 0.456 e. The molecule has 2 fully saturated rings. The van der Waals surface area contributed by atoms with Crippen molar-refractivity contribution in [3.8, 4) is 0 Å². The van der Waals surface area contributed by atoms with E-state index in [2.05, 4.69) is 26.0 Å². The summed E-state index contributed by atoms with van der Waals surface area (Å²) in [4.78, 5) is 25.3. The molecule has 0 aromatic rings. The zero-order valence-electron chi connectivity index (χ0n) is 19.3. The minimum absolute atomic E-state index is 0.0121. The highest BCUT2D eigenvalue weighted by Crippen LogP contribution is 2.65. The Kier molecular flexibility index (Phi) is 4.89. The number of aliphatic hydroxyl groups is 1. The molecule has 4 nitrogen and oxygen atoms in total. The van der Waals surface area contributed by atoms with Crippen LogP contribution in [0.2, 0.25) is 0 Å². The Hall–Kier alpha value is -1.68. The summed E-state index contributed by atoms with van der Waals surface area (Å²) < 4.78 is 5.66. The van der Waals surface area contributed by atoms with Gasteiger partial charge in [0.1, 0.15) is 6.10 Å². The minimum Gasteiger partial charge on any atom is -0.456 e. The molecule has 31 heavy (non-hydrogen) atoms. The molecule has 4 heteroatoms. The molecule has 0 spiro atoms. The second-order valence-corrected chi connectivity index (χ2v) is 11.3. The maximum atomic E-state index is 13.0. The molecule has 4 aliphatic carbocycles. The van der Waals surface area contributed by atoms with Crippen LogP contribution in [-0.2, 0) is 14.3 Å². The summed E-state index contributed by atoms with van der Waals surface area (Å²) in [5, 5.41) is 11.4. The van der Waals surface area contributed by atoms with Gasteiger partial charge in [0.15, 0.2) is 5.78 Å². The summed E-state index contributed by atoms with van der Waals surface area (Å²) in [6.07, 6.45) is 13.2. The fourth-order valence-electron chi connectivity index (χ4n) is 8.04. The number of carbonyl (C=O) groups is 2. The molecular formula is C27H36O4. The molecule has 0 aromatic heterocycles. The van der Waals surface area contributed by atoms with E-state index < -0.39 is 12.2 Å². The summed E-state index contributed by atoms with van der Waals surface area (Å²) in [5.74, 6) is 1.71. The normalized spacial score (nSPS) is 47.5. The average molecular weight is 425 g/mol. The molecule has 1 aliphatic heterocycles. The molecule has 2 saturated carbocycles. The number of esters is 1. The van der Waals surface area contributed by atoms with E-state index in [4.69, 9.17) is 4.74 Å². The Labute approximate surface area is 185 Å². The molecule has 5 aliphatic rings. The molecule has 0 radical (unpaired) electrons. The Morgan fingerprint density at radius 3 is 2.61 bits per heavy atom. The van der Waals surface area contributed by atoms with Gasteiger partial charge in [-0.2, -0.15) is 0 Å². The van der Waals surface area contributed by atoms with Crippen molar-refractivity contribution in [2.45, 2.75) is 78.4 Å². The van der Waals surface area contributed by atoms with Gasteiger partial charge in [-0.25, -0.2) is 4.79 Å². The number of hydrogen-bond donors (Lipinski definition) is 1. The van der Waals surface area contributed by atoms with Crippen LogP contribution < -0.4 is 0 Å². The van der Waals surface area contributed by atoms with E-state index in [1.54, 1.807) is 6.92 Å². The predicted molar refractivity (Wildman–Crippen MR) is 119 cm³/mol. The average Bonchev–Trinajstić information content (AvgIpc) is 3.09. The van der Waals surface area contributed by atoms with Crippen LogP contribution in [0.1, 0.15) is 66.2 Å². The molecule has 0 bridgehead atoms. The van der Waals surface area contributed by atoms with Gasteiger partial charge in [-0.1, -0.05) is 37.6 Å². The van der Waals surface area contributed by atoms with Crippen molar-refractivity contribution in [1.82, 2.24) is 0 Å². The number of ketones is 1. The molecule has 0 amide bonds. The van der Waals surface area contributed by atoms with Gasteiger partial charge in [0.05, 0.1) is 6.10 Å². The lowest BCUT2D eigenvalue weighted by atomic mass is 9.47. The van der Waals surface area contributed by atoms with E-state index in [0.29, 0.717) is 41.4 Å². The van der Waals surface area contributed by atoms with E-state index in [-0.39, 0.29) is 22.7 Å². The Bertz CT molecular complexity index is 897. The van der Waals surface area contributed by atoms with Gasteiger partial charge in [-0.15, -0.1) is 0 Å². The van der Waals surface area contributed by atoms with Crippen LogP contribution in [0, 0.1) is 40.4 Å². The fraction of sp³-hybridized carbons (Fsp3) is 0.704. The first-order valence-corrected chi connectivity index (χ1v) is 12.1. The maximum Gasteiger partial charge on any atom is 0.334 e. The quantitative estimate of drug-likeness (QED) is 0.512. The molecule has 5 rings (SSSR count). The van der Waals surface area contributed by atoms with Crippen LogP contribution >= 0.6 is 0 Å². The summed E-state index contributed by atoms with van der Waals surface area (Å²) in [5.41, 5.74) is 1.44. The Morgan fingerprint density at radius 1 is 1.10 bits per heavy atom. The number of ether oxygens (including phenoxy) is 1.